The molecule has 1 aliphatic rings. The van der Waals surface area contributed by atoms with Crippen LogP contribution in [0.2, 0.25) is 0 Å². The van der Waals surface area contributed by atoms with Crippen molar-refractivity contribution in [2.75, 3.05) is 11.9 Å². The molecule has 0 spiro atoms. The number of hydrogen-bond acceptors (Lipinski definition) is 1. The zero-order valence-corrected chi connectivity index (χ0v) is 10.5. The predicted octanol–water partition coefficient (Wildman–Crippen LogP) is 4.70. The van der Waals surface area contributed by atoms with Gasteiger partial charge in [0.1, 0.15) is 0 Å². The van der Waals surface area contributed by atoms with Crippen LogP contribution in [0.1, 0.15) is 38.2 Å². The molecule has 1 aliphatic carbocycles. The fraction of sp³-hybridized carbons (Fsp3) is 0.571. The molecule has 1 aromatic carbocycles. The number of benzene rings is 1. The summed E-state index contributed by atoms with van der Waals surface area (Å²) in [6, 6.07) is 5.69. The van der Waals surface area contributed by atoms with Crippen LogP contribution in [0, 0.1) is 5.41 Å². The standard InChI is InChI=1S/C14H18F3N/c1-2-13(8-5-9-13)10-18-12-7-4-3-6-11(12)14(15,16)17/h3-4,6-7,18H,2,5,8-10H2,1H3. The molecule has 0 amide bonds. The molecule has 18 heavy (non-hydrogen) atoms. The minimum absolute atomic E-state index is 0.199. The lowest BCUT2D eigenvalue weighted by atomic mass is 9.67. The van der Waals surface area contributed by atoms with Crippen LogP contribution in [0.15, 0.2) is 24.3 Å². The molecule has 0 radical (unpaired) electrons. The topological polar surface area (TPSA) is 12.0 Å². The third-order valence-corrected chi connectivity index (χ3v) is 4.05. The maximum Gasteiger partial charge on any atom is 0.418 e. The largest absolute Gasteiger partial charge is 0.418 e. The lowest BCUT2D eigenvalue weighted by molar-refractivity contribution is -0.137. The molecule has 100 valence electrons. The van der Waals surface area contributed by atoms with Gasteiger partial charge in [0.2, 0.25) is 0 Å². The zero-order valence-electron chi connectivity index (χ0n) is 10.5. The average Bonchev–Trinajstić information content (AvgIpc) is 2.27. The Kier molecular flexibility index (Phi) is 3.55. The van der Waals surface area contributed by atoms with Crippen LogP contribution in [0.5, 0.6) is 0 Å². The smallest absolute Gasteiger partial charge is 0.384 e. The van der Waals surface area contributed by atoms with Crippen molar-refractivity contribution in [2.45, 2.75) is 38.8 Å². The van der Waals surface area contributed by atoms with Crippen molar-refractivity contribution in [3.05, 3.63) is 29.8 Å². The monoisotopic (exact) mass is 257 g/mol. The summed E-state index contributed by atoms with van der Waals surface area (Å²) in [5.74, 6) is 0. The van der Waals surface area contributed by atoms with Gasteiger partial charge >= 0.3 is 6.18 Å². The van der Waals surface area contributed by atoms with Crippen LogP contribution < -0.4 is 5.32 Å². The summed E-state index contributed by atoms with van der Waals surface area (Å²) < 4.78 is 38.4. The van der Waals surface area contributed by atoms with Gasteiger partial charge in [0, 0.05) is 12.2 Å². The zero-order chi connectivity index (χ0) is 13.2. The van der Waals surface area contributed by atoms with Crippen LogP contribution in [-0.2, 0) is 6.18 Å². The third-order valence-electron chi connectivity index (χ3n) is 4.05. The van der Waals surface area contributed by atoms with Crippen molar-refractivity contribution in [1.29, 1.82) is 0 Å². The fourth-order valence-corrected chi connectivity index (χ4v) is 2.50. The lowest BCUT2D eigenvalue weighted by Gasteiger charge is -2.41. The third kappa shape index (κ3) is 2.62. The molecule has 1 nitrogen and oxygen atoms in total. The van der Waals surface area contributed by atoms with E-state index >= 15 is 0 Å². The Morgan fingerprint density at radius 3 is 2.39 bits per heavy atom. The number of halogens is 3. The van der Waals surface area contributed by atoms with E-state index in [1.807, 2.05) is 0 Å². The molecule has 0 atom stereocenters. The van der Waals surface area contributed by atoms with Gasteiger partial charge < -0.3 is 5.32 Å². The summed E-state index contributed by atoms with van der Waals surface area (Å²) in [6.45, 7) is 2.74. The van der Waals surface area contributed by atoms with Crippen molar-refractivity contribution in [3.63, 3.8) is 0 Å². The van der Waals surface area contributed by atoms with Crippen LogP contribution in [-0.4, -0.2) is 6.54 Å². The number of nitrogens with one attached hydrogen (secondary N) is 1. The van der Waals surface area contributed by atoms with Gasteiger partial charge in [-0.2, -0.15) is 13.2 Å². The number of rotatable bonds is 4. The first-order chi connectivity index (χ1) is 8.47. The van der Waals surface area contributed by atoms with E-state index in [0.29, 0.717) is 6.54 Å². The minimum atomic E-state index is -4.29. The van der Waals surface area contributed by atoms with Crippen molar-refractivity contribution in [1.82, 2.24) is 0 Å². The quantitative estimate of drug-likeness (QED) is 0.824. The van der Waals surface area contributed by atoms with Crippen molar-refractivity contribution >= 4 is 5.69 Å². The molecule has 1 N–H and O–H groups in total. The molecule has 0 aliphatic heterocycles. The maximum atomic E-state index is 12.8. The number of anilines is 1. The molecule has 0 heterocycles. The SMILES string of the molecule is CCC1(CNc2ccccc2C(F)(F)F)CCC1. The van der Waals surface area contributed by atoms with Crippen molar-refractivity contribution < 1.29 is 13.2 Å². The average molecular weight is 257 g/mol. The van der Waals surface area contributed by atoms with Gasteiger partial charge in [-0.3, -0.25) is 0 Å². The van der Waals surface area contributed by atoms with E-state index in [2.05, 4.69) is 12.2 Å². The van der Waals surface area contributed by atoms with E-state index in [1.165, 1.54) is 18.6 Å². The Morgan fingerprint density at radius 2 is 1.89 bits per heavy atom. The Morgan fingerprint density at radius 1 is 1.22 bits per heavy atom. The van der Waals surface area contributed by atoms with Gasteiger partial charge in [-0.15, -0.1) is 0 Å². The number of para-hydroxylation sites is 1. The highest BCUT2D eigenvalue weighted by molar-refractivity contribution is 5.52. The van der Waals surface area contributed by atoms with Crippen LogP contribution in [0.3, 0.4) is 0 Å². The highest BCUT2D eigenvalue weighted by Crippen LogP contribution is 2.44. The van der Waals surface area contributed by atoms with E-state index in [4.69, 9.17) is 0 Å². The second-order valence-corrected chi connectivity index (χ2v) is 5.10. The van der Waals surface area contributed by atoms with Crippen LogP contribution in [0.25, 0.3) is 0 Å². The summed E-state index contributed by atoms with van der Waals surface area (Å²) >= 11 is 0. The molecular formula is C14H18F3N. The first-order valence-corrected chi connectivity index (χ1v) is 6.37. The Balaban J connectivity index is 2.10. The molecule has 1 aromatic rings. The summed E-state index contributed by atoms with van der Waals surface area (Å²) in [5.41, 5.74) is -0.168. The Hall–Kier alpha value is -1.19. The van der Waals surface area contributed by atoms with E-state index in [1.54, 1.807) is 6.07 Å². The second-order valence-electron chi connectivity index (χ2n) is 5.10. The van der Waals surface area contributed by atoms with E-state index in [9.17, 15) is 13.2 Å². The number of alkyl halides is 3. The number of hydrogen-bond donors (Lipinski definition) is 1. The molecule has 0 bridgehead atoms. The van der Waals surface area contributed by atoms with E-state index in [0.717, 1.165) is 25.3 Å². The summed E-state index contributed by atoms with van der Waals surface area (Å²) in [6.07, 6.45) is 0.155. The summed E-state index contributed by atoms with van der Waals surface area (Å²) in [4.78, 5) is 0. The molecule has 1 saturated carbocycles. The maximum absolute atomic E-state index is 12.8. The van der Waals surface area contributed by atoms with Crippen LogP contribution in [0.4, 0.5) is 18.9 Å². The first kappa shape index (κ1) is 13.2. The second kappa shape index (κ2) is 4.82. The molecule has 0 unspecified atom stereocenters. The van der Waals surface area contributed by atoms with Gasteiger partial charge in [0.25, 0.3) is 0 Å². The minimum Gasteiger partial charge on any atom is -0.384 e. The lowest BCUT2D eigenvalue weighted by Crippen LogP contribution is -2.36. The first-order valence-electron chi connectivity index (χ1n) is 6.37. The van der Waals surface area contributed by atoms with E-state index in [-0.39, 0.29) is 11.1 Å². The van der Waals surface area contributed by atoms with E-state index < -0.39 is 11.7 Å². The highest BCUT2D eigenvalue weighted by Gasteiger charge is 2.36. The van der Waals surface area contributed by atoms with Gasteiger partial charge in [-0.1, -0.05) is 25.5 Å². The van der Waals surface area contributed by atoms with Crippen molar-refractivity contribution in [2.24, 2.45) is 5.41 Å². The van der Waals surface area contributed by atoms with Crippen molar-refractivity contribution in [3.8, 4) is 0 Å². The highest BCUT2D eigenvalue weighted by atomic mass is 19.4. The summed E-state index contributed by atoms with van der Waals surface area (Å²) in [5, 5.41) is 2.99. The molecule has 2 rings (SSSR count). The molecule has 0 aromatic heterocycles. The van der Waals surface area contributed by atoms with Gasteiger partial charge in [-0.25, -0.2) is 0 Å². The fourth-order valence-electron chi connectivity index (χ4n) is 2.50. The predicted molar refractivity (Wildman–Crippen MR) is 66.5 cm³/mol. The Bertz CT molecular complexity index is 402. The Labute approximate surface area is 105 Å². The van der Waals surface area contributed by atoms with Crippen LogP contribution >= 0.6 is 0 Å². The molecule has 4 heteroatoms. The molecule has 0 saturated heterocycles. The van der Waals surface area contributed by atoms with Gasteiger partial charge in [-0.05, 0) is 36.8 Å². The molecule has 1 fully saturated rings. The van der Waals surface area contributed by atoms with Gasteiger partial charge in [0.15, 0.2) is 0 Å². The molecular weight excluding hydrogens is 239 g/mol. The normalized spacial score (nSPS) is 18.2. The van der Waals surface area contributed by atoms with Gasteiger partial charge in [0.05, 0.1) is 5.56 Å². The summed E-state index contributed by atoms with van der Waals surface area (Å²) in [7, 11) is 0.